The fourth-order valence-electron chi connectivity index (χ4n) is 3.08. The Labute approximate surface area is 191 Å². The predicted octanol–water partition coefficient (Wildman–Crippen LogP) is 4.34. The number of nitrogens with one attached hydrogen (secondary N) is 2. The molecule has 8 nitrogen and oxygen atoms in total. The number of anilines is 1. The van der Waals surface area contributed by atoms with E-state index < -0.39 is 16.1 Å². The SMILES string of the molecule is Cc1ccc(S(=O)(=O)Nc2ccc(-c3noc([C@H](C)NC(=O)c4ccccc4)n3)cc2)cc1. The molecule has 0 spiro atoms. The molecule has 1 aromatic heterocycles. The lowest BCUT2D eigenvalue weighted by Crippen LogP contribution is -2.26. The minimum Gasteiger partial charge on any atom is -0.341 e. The first-order valence-corrected chi connectivity index (χ1v) is 11.7. The van der Waals surface area contributed by atoms with Crippen molar-refractivity contribution in [3.8, 4) is 11.4 Å². The highest BCUT2D eigenvalue weighted by atomic mass is 32.2. The van der Waals surface area contributed by atoms with Crippen molar-refractivity contribution in [3.05, 3.63) is 95.9 Å². The lowest BCUT2D eigenvalue weighted by molar-refractivity contribution is 0.0932. The summed E-state index contributed by atoms with van der Waals surface area (Å²) < 4.78 is 33.0. The zero-order valence-corrected chi connectivity index (χ0v) is 18.8. The number of carbonyl (C=O) groups excluding carboxylic acids is 1. The van der Waals surface area contributed by atoms with E-state index >= 15 is 0 Å². The van der Waals surface area contributed by atoms with E-state index in [1.807, 2.05) is 13.0 Å². The third-order valence-electron chi connectivity index (χ3n) is 4.92. The van der Waals surface area contributed by atoms with E-state index in [9.17, 15) is 13.2 Å². The second-order valence-corrected chi connectivity index (χ2v) is 9.20. The summed E-state index contributed by atoms with van der Waals surface area (Å²) in [6.45, 7) is 3.64. The van der Waals surface area contributed by atoms with Crippen LogP contribution in [-0.2, 0) is 10.0 Å². The summed E-state index contributed by atoms with van der Waals surface area (Å²) in [4.78, 5) is 16.9. The first kappa shape index (κ1) is 22.2. The molecule has 0 unspecified atom stereocenters. The number of aryl methyl sites for hydroxylation is 1. The quantitative estimate of drug-likeness (QED) is 0.422. The minimum atomic E-state index is -3.69. The monoisotopic (exact) mass is 462 g/mol. The summed E-state index contributed by atoms with van der Waals surface area (Å²) in [7, 11) is -3.69. The topological polar surface area (TPSA) is 114 Å². The van der Waals surface area contributed by atoms with E-state index in [0.717, 1.165) is 5.56 Å². The van der Waals surface area contributed by atoms with E-state index in [0.29, 0.717) is 22.6 Å². The molecule has 1 atom stereocenters. The molecular formula is C24H22N4O4S. The third-order valence-corrected chi connectivity index (χ3v) is 6.32. The number of amides is 1. The Morgan fingerprint density at radius 2 is 1.61 bits per heavy atom. The molecule has 0 aliphatic heterocycles. The molecule has 1 heterocycles. The van der Waals surface area contributed by atoms with Crippen LogP contribution in [0.1, 0.15) is 34.8 Å². The van der Waals surface area contributed by atoms with Crippen molar-refractivity contribution in [2.45, 2.75) is 24.8 Å². The highest BCUT2D eigenvalue weighted by molar-refractivity contribution is 7.92. The number of hydrogen-bond donors (Lipinski definition) is 2. The van der Waals surface area contributed by atoms with E-state index in [1.165, 1.54) is 0 Å². The molecule has 0 saturated heterocycles. The van der Waals surface area contributed by atoms with E-state index in [1.54, 1.807) is 79.7 Å². The summed E-state index contributed by atoms with van der Waals surface area (Å²) in [6.07, 6.45) is 0. The largest absolute Gasteiger partial charge is 0.341 e. The fraction of sp³-hybridized carbons (Fsp3) is 0.125. The maximum absolute atomic E-state index is 12.6. The molecule has 0 fully saturated rings. The van der Waals surface area contributed by atoms with Crippen molar-refractivity contribution >= 4 is 21.6 Å². The Morgan fingerprint density at radius 3 is 2.27 bits per heavy atom. The average molecular weight is 463 g/mol. The third kappa shape index (κ3) is 5.27. The van der Waals surface area contributed by atoms with Crippen LogP contribution in [0.25, 0.3) is 11.4 Å². The zero-order chi connectivity index (χ0) is 23.4. The normalized spacial score (nSPS) is 12.2. The van der Waals surface area contributed by atoms with Crippen LogP contribution < -0.4 is 10.0 Å². The molecule has 0 aliphatic rings. The molecular weight excluding hydrogens is 440 g/mol. The number of nitrogens with zero attached hydrogens (tertiary/aromatic N) is 2. The van der Waals surface area contributed by atoms with Gasteiger partial charge in [-0.15, -0.1) is 0 Å². The van der Waals surface area contributed by atoms with Gasteiger partial charge in [-0.25, -0.2) is 8.42 Å². The van der Waals surface area contributed by atoms with Crippen LogP contribution in [0.2, 0.25) is 0 Å². The minimum absolute atomic E-state index is 0.187. The molecule has 3 aromatic carbocycles. The van der Waals surface area contributed by atoms with Gasteiger partial charge in [-0.1, -0.05) is 41.1 Å². The van der Waals surface area contributed by atoms with Crippen LogP contribution in [-0.4, -0.2) is 24.5 Å². The van der Waals surface area contributed by atoms with Gasteiger partial charge in [0.25, 0.3) is 15.9 Å². The molecule has 2 N–H and O–H groups in total. The van der Waals surface area contributed by atoms with Gasteiger partial charge in [0.2, 0.25) is 11.7 Å². The molecule has 0 radical (unpaired) electrons. The second kappa shape index (κ2) is 9.25. The van der Waals surface area contributed by atoms with Crippen LogP contribution in [0, 0.1) is 6.92 Å². The van der Waals surface area contributed by atoms with Gasteiger partial charge < -0.3 is 9.84 Å². The molecule has 0 bridgehead atoms. The molecule has 4 aromatic rings. The lowest BCUT2D eigenvalue weighted by atomic mass is 10.2. The molecule has 4 rings (SSSR count). The highest BCUT2D eigenvalue weighted by Gasteiger charge is 2.19. The molecule has 168 valence electrons. The molecule has 1 amide bonds. The fourth-order valence-corrected chi connectivity index (χ4v) is 4.14. The maximum atomic E-state index is 12.6. The number of hydrogen-bond acceptors (Lipinski definition) is 6. The highest BCUT2D eigenvalue weighted by Crippen LogP contribution is 2.23. The predicted molar refractivity (Wildman–Crippen MR) is 124 cm³/mol. The molecule has 33 heavy (non-hydrogen) atoms. The summed E-state index contributed by atoms with van der Waals surface area (Å²) in [5.74, 6) is 0.352. The Bertz CT molecular complexity index is 1350. The number of aromatic nitrogens is 2. The van der Waals surface area contributed by atoms with Gasteiger partial charge >= 0.3 is 0 Å². The van der Waals surface area contributed by atoms with Gasteiger partial charge in [0.15, 0.2) is 0 Å². The van der Waals surface area contributed by atoms with Gasteiger partial charge in [0.05, 0.1) is 4.90 Å². The molecule has 0 aliphatic carbocycles. The van der Waals surface area contributed by atoms with E-state index in [2.05, 4.69) is 20.2 Å². The van der Waals surface area contributed by atoms with Crippen LogP contribution in [0.4, 0.5) is 5.69 Å². The van der Waals surface area contributed by atoms with Crippen molar-refractivity contribution in [1.82, 2.24) is 15.5 Å². The number of rotatable bonds is 7. The van der Waals surface area contributed by atoms with Crippen LogP contribution in [0.5, 0.6) is 0 Å². The van der Waals surface area contributed by atoms with Crippen LogP contribution >= 0.6 is 0 Å². The van der Waals surface area contributed by atoms with Gasteiger partial charge in [0.1, 0.15) is 6.04 Å². The smallest absolute Gasteiger partial charge is 0.261 e. The first-order valence-electron chi connectivity index (χ1n) is 10.2. The van der Waals surface area contributed by atoms with Gasteiger partial charge in [-0.3, -0.25) is 9.52 Å². The van der Waals surface area contributed by atoms with Crippen LogP contribution in [0.15, 0.2) is 88.3 Å². The number of carbonyl (C=O) groups is 1. The summed E-state index contributed by atoms with van der Waals surface area (Å²) >= 11 is 0. The second-order valence-electron chi connectivity index (χ2n) is 7.51. The van der Waals surface area contributed by atoms with Gasteiger partial charge in [-0.05, 0) is 62.4 Å². The maximum Gasteiger partial charge on any atom is 0.261 e. The Kier molecular flexibility index (Phi) is 6.23. The van der Waals surface area contributed by atoms with Crippen molar-refractivity contribution in [3.63, 3.8) is 0 Å². The summed E-state index contributed by atoms with van der Waals surface area (Å²) in [6, 6.07) is 21.6. The zero-order valence-electron chi connectivity index (χ0n) is 18.0. The lowest BCUT2D eigenvalue weighted by Gasteiger charge is -2.09. The van der Waals surface area contributed by atoms with Gasteiger partial charge in [0, 0.05) is 16.8 Å². The van der Waals surface area contributed by atoms with E-state index in [-0.39, 0.29) is 16.7 Å². The van der Waals surface area contributed by atoms with Crippen LogP contribution in [0.3, 0.4) is 0 Å². The van der Waals surface area contributed by atoms with Crippen molar-refractivity contribution in [2.24, 2.45) is 0 Å². The number of benzene rings is 3. The standard InChI is InChI=1S/C24H22N4O4S/c1-16-8-14-21(15-9-16)33(30,31)28-20-12-10-18(11-13-20)22-26-24(32-27-22)17(2)25-23(29)19-6-4-3-5-7-19/h3-15,17,28H,1-2H3,(H,25,29)/t17-/m0/s1. The van der Waals surface area contributed by atoms with E-state index in [4.69, 9.17) is 4.52 Å². The van der Waals surface area contributed by atoms with Crippen molar-refractivity contribution in [2.75, 3.05) is 4.72 Å². The van der Waals surface area contributed by atoms with Gasteiger partial charge in [-0.2, -0.15) is 4.98 Å². The van der Waals surface area contributed by atoms with Crippen molar-refractivity contribution < 1.29 is 17.7 Å². The summed E-state index contributed by atoms with van der Waals surface area (Å²) in [5.41, 5.74) is 2.57. The molecule has 0 saturated carbocycles. The first-order chi connectivity index (χ1) is 15.8. The number of sulfonamides is 1. The average Bonchev–Trinajstić information content (AvgIpc) is 3.31. The van der Waals surface area contributed by atoms with Crippen molar-refractivity contribution in [1.29, 1.82) is 0 Å². The Balaban J connectivity index is 1.43. The Morgan fingerprint density at radius 1 is 0.939 bits per heavy atom. The summed E-state index contributed by atoms with van der Waals surface area (Å²) in [5, 5.41) is 6.79. The molecule has 9 heteroatoms. The Hall–Kier alpha value is -3.98.